The van der Waals surface area contributed by atoms with Crippen LogP contribution >= 0.6 is 0 Å². The van der Waals surface area contributed by atoms with Gasteiger partial charge in [-0.15, -0.1) is 0 Å². The van der Waals surface area contributed by atoms with Crippen molar-refractivity contribution in [1.29, 1.82) is 0 Å². The van der Waals surface area contributed by atoms with Gasteiger partial charge in [0.2, 0.25) is 0 Å². The zero-order valence-electron chi connectivity index (χ0n) is 12.8. The van der Waals surface area contributed by atoms with Crippen molar-refractivity contribution in [2.75, 3.05) is 11.9 Å². The summed E-state index contributed by atoms with van der Waals surface area (Å²) in [5, 5.41) is 7.21. The molecule has 22 heavy (non-hydrogen) atoms. The van der Waals surface area contributed by atoms with Crippen molar-refractivity contribution in [3.05, 3.63) is 54.1 Å². The van der Waals surface area contributed by atoms with Crippen LogP contribution in [0.5, 0.6) is 0 Å². The van der Waals surface area contributed by atoms with Crippen LogP contribution in [0.25, 0.3) is 21.5 Å². The van der Waals surface area contributed by atoms with Gasteiger partial charge in [-0.05, 0) is 41.8 Å². The van der Waals surface area contributed by atoms with E-state index in [1.54, 1.807) is 6.92 Å². The van der Waals surface area contributed by atoms with Gasteiger partial charge in [0.05, 0.1) is 12.3 Å². The van der Waals surface area contributed by atoms with Gasteiger partial charge in [0.25, 0.3) is 0 Å². The molecule has 0 saturated carbocycles. The van der Waals surface area contributed by atoms with Crippen LogP contribution in [0, 0.1) is 0 Å². The molecular formula is C19H19NO2. The van der Waals surface area contributed by atoms with Gasteiger partial charge in [0.1, 0.15) is 0 Å². The number of nitrogens with one attached hydrogen (secondary N) is 1. The molecule has 0 aromatic heterocycles. The molecule has 3 heteroatoms. The van der Waals surface area contributed by atoms with Gasteiger partial charge < -0.3 is 4.74 Å². The third kappa shape index (κ3) is 2.62. The fourth-order valence-electron chi connectivity index (χ4n) is 2.73. The Labute approximate surface area is 129 Å². The maximum atomic E-state index is 11.9. The molecule has 0 radical (unpaired) electrons. The molecule has 0 spiro atoms. The van der Waals surface area contributed by atoms with Gasteiger partial charge in [-0.2, -0.15) is 0 Å². The van der Waals surface area contributed by atoms with Crippen molar-refractivity contribution in [3.8, 4) is 0 Å². The van der Waals surface area contributed by atoms with E-state index in [9.17, 15) is 4.79 Å². The second-order valence-electron chi connectivity index (χ2n) is 5.23. The van der Waals surface area contributed by atoms with Crippen molar-refractivity contribution < 1.29 is 9.53 Å². The van der Waals surface area contributed by atoms with E-state index >= 15 is 0 Å². The van der Waals surface area contributed by atoms with Gasteiger partial charge in [0, 0.05) is 10.8 Å². The molecule has 1 amide bonds. The number of hydrogen-bond acceptors (Lipinski definition) is 2. The van der Waals surface area contributed by atoms with Gasteiger partial charge in [-0.25, -0.2) is 4.79 Å². The van der Waals surface area contributed by atoms with Crippen LogP contribution < -0.4 is 5.32 Å². The van der Waals surface area contributed by atoms with E-state index < -0.39 is 6.09 Å². The fraction of sp³-hybridized carbons (Fsp3) is 0.211. The molecular weight excluding hydrogens is 274 g/mol. The molecule has 0 aliphatic rings. The number of ether oxygens (including phenoxy) is 1. The van der Waals surface area contributed by atoms with E-state index in [2.05, 4.69) is 42.6 Å². The Morgan fingerprint density at radius 2 is 1.77 bits per heavy atom. The van der Waals surface area contributed by atoms with Crippen LogP contribution in [-0.2, 0) is 11.2 Å². The molecule has 0 saturated heterocycles. The molecule has 112 valence electrons. The van der Waals surface area contributed by atoms with Crippen molar-refractivity contribution in [2.45, 2.75) is 20.3 Å². The summed E-state index contributed by atoms with van der Waals surface area (Å²) in [4.78, 5) is 11.9. The molecule has 0 heterocycles. The summed E-state index contributed by atoms with van der Waals surface area (Å²) >= 11 is 0. The number of fused-ring (bicyclic) bond motifs is 2. The lowest BCUT2D eigenvalue weighted by Crippen LogP contribution is -2.13. The maximum absolute atomic E-state index is 11.9. The van der Waals surface area contributed by atoms with Crippen LogP contribution in [0.2, 0.25) is 0 Å². The first-order valence-electron chi connectivity index (χ1n) is 7.61. The average Bonchev–Trinajstić information content (AvgIpc) is 2.54. The number of rotatable bonds is 3. The average molecular weight is 293 g/mol. The summed E-state index contributed by atoms with van der Waals surface area (Å²) in [5.41, 5.74) is 2.07. The highest BCUT2D eigenvalue weighted by atomic mass is 16.5. The Hall–Kier alpha value is -2.55. The van der Waals surface area contributed by atoms with Gasteiger partial charge >= 0.3 is 6.09 Å². The van der Waals surface area contributed by atoms with Crippen LogP contribution in [0.4, 0.5) is 10.5 Å². The Bertz CT molecular complexity index is 839. The minimum Gasteiger partial charge on any atom is -0.450 e. The maximum Gasteiger partial charge on any atom is 0.411 e. The number of aryl methyl sites for hydroxylation is 1. The van der Waals surface area contributed by atoms with Gasteiger partial charge in [0.15, 0.2) is 0 Å². The van der Waals surface area contributed by atoms with Crippen LogP contribution in [0.1, 0.15) is 19.4 Å². The number of benzene rings is 3. The van der Waals surface area contributed by atoms with Crippen molar-refractivity contribution >= 4 is 33.3 Å². The van der Waals surface area contributed by atoms with E-state index in [0.717, 1.165) is 33.7 Å². The fourth-order valence-corrected chi connectivity index (χ4v) is 2.73. The minimum absolute atomic E-state index is 0.356. The predicted octanol–water partition coefficient (Wildman–Crippen LogP) is 5.12. The van der Waals surface area contributed by atoms with Crippen molar-refractivity contribution in [2.24, 2.45) is 0 Å². The van der Waals surface area contributed by atoms with Crippen LogP contribution in [-0.4, -0.2) is 12.7 Å². The Morgan fingerprint density at radius 3 is 2.55 bits per heavy atom. The number of hydrogen-bond donors (Lipinski definition) is 1. The first-order chi connectivity index (χ1) is 10.7. The lowest BCUT2D eigenvalue weighted by Gasteiger charge is -2.13. The Kier molecular flexibility index (Phi) is 3.96. The molecule has 0 unspecified atom stereocenters. The van der Waals surface area contributed by atoms with E-state index in [-0.39, 0.29) is 0 Å². The van der Waals surface area contributed by atoms with E-state index in [4.69, 9.17) is 4.74 Å². The molecule has 0 atom stereocenters. The molecule has 0 bridgehead atoms. The Balaban J connectivity index is 2.27. The summed E-state index contributed by atoms with van der Waals surface area (Å²) in [7, 11) is 0. The number of amides is 1. The number of carbonyl (C=O) groups excluding carboxylic acids is 1. The molecule has 0 aliphatic carbocycles. The highest BCUT2D eigenvalue weighted by Crippen LogP contribution is 2.33. The quantitative estimate of drug-likeness (QED) is 0.680. The lowest BCUT2D eigenvalue weighted by molar-refractivity contribution is 0.168. The standard InChI is InChI=1S/C19H19NO2/c1-3-13-9-10-15-12-14-7-5-6-8-16(14)18(17(15)11-13)20-19(21)22-4-2/h5-12H,3-4H2,1-2H3,(H,20,21). The van der Waals surface area contributed by atoms with Crippen molar-refractivity contribution in [3.63, 3.8) is 0 Å². The molecule has 1 N–H and O–H groups in total. The highest BCUT2D eigenvalue weighted by molar-refractivity contribution is 6.14. The summed E-state index contributed by atoms with van der Waals surface area (Å²) in [5.74, 6) is 0. The Morgan fingerprint density at radius 1 is 1.00 bits per heavy atom. The first kappa shape index (κ1) is 14.4. The molecule has 3 rings (SSSR count). The topological polar surface area (TPSA) is 38.3 Å². The van der Waals surface area contributed by atoms with E-state index in [1.165, 1.54) is 5.56 Å². The number of anilines is 1. The normalized spacial score (nSPS) is 10.8. The predicted molar refractivity (Wildman–Crippen MR) is 91.5 cm³/mol. The van der Waals surface area contributed by atoms with E-state index in [0.29, 0.717) is 6.61 Å². The molecule has 3 aromatic rings. The summed E-state index contributed by atoms with van der Waals surface area (Å²) in [6.45, 7) is 4.28. The summed E-state index contributed by atoms with van der Waals surface area (Å²) in [6.07, 6.45) is 0.545. The number of carbonyl (C=O) groups is 1. The first-order valence-corrected chi connectivity index (χ1v) is 7.61. The summed E-state index contributed by atoms with van der Waals surface area (Å²) in [6, 6.07) is 16.6. The lowest BCUT2D eigenvalue weighted by atomic mass is 9.98. The second-order valence-corrected chi connectivity index (χ2v) is 5.23. The second kappa shape index (κ2) is 6.06. The minimum atomic E-state index is -0.415. The monoisotopic (exact) mass is 293 g/mol. The zero-order valence-corrected chi connectivity index (χ0v) is 12.8. The molecule has 3 nitrogen and oxygen atoms in total. The third-order valence-corrected chi connectivity index (χ3v) is 3.84. The van der Waals surface area contributed by atoms with Crippen molar-refractivity contribution in [1.82, 2.24) is 0 Å². The molecule has 0 aliphatic heterocycles. The molecule has 3 aromatic carbocycles. The largest absolute Gasteiger partial charge is 0.450 e. The zero-order chi connectivity index (χ0) is 15.5. The van der Waals surface area contributed by atoms with Crippen LogP contribution in [0.3, 0.4) is 0 Å². The van der Waals surface area contributed by atoms with Crippen LogP contribution in [0.15, 0.2) is 48.5 Å². The van der Waals surface area contributed by atoms with Gasteiger partial charge in [-0.1, -0.05) is 43.3 Å². The highest BCUT2D eigenvalue weighted by Gasteiger charge is 2.11. The molecule has 0 fully saturated rings. The van der Waals surface area contributed by atoms with E-state index in [1.807, 2.05) is 18.2 Å². The summed E-state index contributed by atoms with van der Waals surface area (Å²) < 4.78 is 5.05. The third-order valence-electron chi connectivity index (χ3n) is 3.84. The smallest absolute Gasteiger partial charge is 0.411 e. The SMILES string of the molecule is CCOC(=O)Nc1c2ccccc2cc2ccc(CC)cc12. The van der Waals surface area contributed by atoms with Gasteiger partial charge in [-0.3, -0.25) is 5.32 Å².